The molecule has 0 unspecified atom stereocenters. The van der Waals surface area contributed by atoms with Crippen molar-refractivity contribution in [3.8, 4) is 5.75 Å². The first-order valence-electron chi connectivity index (χ1n) is 6.28. The van der Waals surface area contributed by atoms with Gasteiger partial charge >= 0.3 is 6.09 Å². The van der Waals surface area contributed by atoms with Crippen molar-refractivity contribution in [3.63, 3.8) is 0 Å². The van der Waals surface area contributed by atoms with E-state index in [4.69, 9.17) is 4.74 Å². The molecule has 1 aliphatic heterocycles. The lowest BCUT2D eigenvalue weighted by Gasteiger charge is -2.14. The van der Waals surface area contributed by atoms with Crippen molar-refractivity contribution in [3.05, 3.63) is 42.5 Å². The summed E-state index contributed by atoms with van der Waals surface area (Å²) >= 11 is 0. The fraction of sp³-hybridized carbons (Fsp3) is 0.267. The number of nitrogens with zero attached hydrogens (tertiary/aromatic N) is 1. The molecule has 92 valence electrons. The average molecular weight is 241 g/mol. The number of benzene rings is 2. The third-order valence-corrected chi connectivity index (χ3v) is 3.29. The first kappa shape index (κ1) is 11.1. The van der Waals surface area contributed by atoms with Crippen LogP contribution in [0.5, 0.6) is 5.75 Å². The van der Waals surface area contributed by atoms with Gasteiger partial charge in [0.2, 0.25) is 0 Å². The van der Waals surface area contributed by atoms with Crippen molar-refractivity contribution in [2.24, 2.45) is 0 Å². The molecule has 0 spiro atoms. The van der Waals surface area contributed by atoms with E-state index >= 15 is 0 Å². The van der Waals surface area contributed by atoms with E-state index < -0.39 is 0 Å². The van der Waals surface area contributed by atoms with Gasteiger partial charge in [-0.1, -0.05) is 30.3 Å². The molecule has 0 saturated carbocycles. The Kier molecular flexibility index (Phi) is 2.89. The predicted octanol–water partition coefficient (Wildman–Crippen LogP) is 3.43. The molecule has 18 heavy (non-hydrogen) atoms. The molecule has 1 saturated heterocycles. The van der Waals surface area contributed by atoms with Gasteiger partial charge in [-0.15, -0.1) is 0 Å². The van der Waals surface area contributed by atoms with E-state index in [1.54, 1.807) is 4.90 Å². The summed E-state index contributed by atoms with van der Waals surface area (Å²) in [4.78, 5) is 13.6. The zero-order valence-corrected chi connectivity index (χ0v) is 10.1. The summed E-state index contributed by atoms with van der Waals surface area (Å²) < 4.78 is 5.39. The van der Waals surface area contributed by atoms with Crippen molar-refractivity contribution < 1.29 is 9.53 Å². The minimum atomic E-state index is -0.234. The van der Waals surface area contributed by atoms with E-state index in [0.717, 1.165) is 36.7 Å². The lowest BCUT2D eigenvalue weighted by atomic mass is 10.1. The van der Waals surface area contributed by atoms with E-state index in [1.807, 2.05) is 42.5 Å². The van der Waals surface area contributed by atoms with Crippen LogP contribution in [-0.2, 0) is 0 Å². The second-order valence-electron chi connectivity index (χ2n) is 4.57. The van der Waals surface area contributed by atoms with Crippen LogP contribution in [0, 0.1) is 0 Å². The highest BCUT2D eigenvalue weighted by Crippen LogP contribution is 2.21. The molecule has 0 atom stereocenters. The summed E-state index contributed by atoms with van der Waals surface area (Å²) in [5, 5.41) is 2.24. The number of ether oxygens (including phenoxy) is 1. The highest BCUT2D eigenvalue weighted by molar-refractivity contribution is 5.84. The van der Waals surface area contributed by atoms with Gasteiger partial charge in [0.25, 0.3) is 0 Å². The summed E-state index contributed by atoms with van der Waals surface area (Å²) in [5.41, 5.74) is 0. The van der Waals surface area contributed by atoms with Gasteiger partial charge in [-0.3, -0.25) is 0 Å². The molecular weight excluding hydrogens is 226 g/mol. The van der Waals surface area contributed by atoms with E-state index in [1.165, 1.54) is 0 Å². The van der Waals surface area contributed by atoms with E-state index in [0.29, 0.717) is 5.75 Å². The normalized spacial score (nSPS) is 15.0. The third-order valence-electron chi connectivity index (χ3n) is 3.29. The van der Waals surface area contributed by atoms with Gasteiger partial charge in [0, 0.05) is 13.1 Å². The Bertz CT molecular complexity index is 573. The van der Waals surface area contributed by atoms with Crippen molar-refractivity contribution in [1.29, 1.82) is 0 Å². The third kappa shape index (κ3) is 2.16. The maximum atomic E-state index is 11.9. The summed E-state index contributed by atoms with van der Waals surface area (Å²) in [6, 6.07) is 13.8. The van der Waals surface area contributed by atoms with Crippen LogP contribution < -0.4 is 4.74 Å². The standard InChI is InChI=1S/C15H15NO2/c17-15(16-9-3-4-10-16)18-14-8-7-12-5-1-2-6-13(12)11-14/h1-2,5-8,11H,3-4,9-10H2. The lowest BCUT2D eigenvalue weighted by molar-refractivity contribution is 0.163. The van der Waals surface area contributed by atoms with Crippen LogP contribution in [0.4, 0.5) is 4.79 Å². The molecule has 2 aromatic rings. The van der Waals surface area contributed by atoms with Crippen molar-refractivity contribution >= 4 is 16.9 Å². The Labute approximate surface area is 106 Å². The Morgan fingerprint density at radius 2 is 1.72 bits per heavy atom. The maximum Gasteiger partial charge on any atom is 0.415 e. The van der Waals surface area contributed by atoms with Gasteiger partial charge < -0.3 is 9.64 Å². The van der Waals surface area contributed by atoms with E-state index in [-0.39, 0.29) is 6.09 Å². The molecule has 1 aliphatic rings. The minimum Gasteiger partial charge on any atom is -0.410 e. The molecule has 3 heteroatoms. The first-order chi connectivity index (χ1) is 8.83. The summed E-state index contributed by atoms with van der Waals surface area (Å²) in [6.07, 6.45) is 1.92. The molecule has 1 heterocycles. The Morgan fingerprint density at radius 1 is 1.00 bits per heavy atom. The van der Waals surface area contributed by atoms with Crippen LogP contribution in [0.3, 0.4) is 0 Å². The lowest BCUT2D eigenvalue weighted by Crippen LogP contribution is -2.30. The van der Waals surface area contributed by atoms with Gasteiger partial charge in [0.15, 0.2) is 0 Å². The van der Waals surface area contributed by atoms with Gasteiger partial charge in [-0.25, -0.2) is 4.79 Å². The van der Waals surface area contributed by atoms with Gasteiger partial charge in [0.1, 0.15) is 5.75 Å². The van der Waals surface area contributed by atoms with Crippen LogP contribution >= 0.6 is 0 Å². The molecule has 3 rings (SSSR count). The number of carbonyl (C=O) groups excluding carboxylic acids is 1. The Hall–Kier alpha value is -2.03. The quantitative estimate of drug-likeness (QED) is 0.765. The molecule has 1 fully saturated rings. The predicted molar refractivity (Wildman–Crippen MR) is 70.8 cm³/mol. The molecular formula is C15H15NO2. The van der Waals surface area contributed by atoms with E-state index in [2.05, 4.69) is 0 Å². The smallest absolute Gasteiger partial charge is 0.410 e. The molecule has 0 bridgehead atoms. The van der Waals surface area contributed by atoms with Gasteiger partial charge in [0.05, 0.1) is 0 Å². The minimum absolute atomic E-state index is 0.234. The zero-order valence-electron chi connectivity index (χ0n) is 10.1. The fourth-order valence-corrected chi connectivity index (χ4v) is 2.30. The van der Waals surface area contributed by atoms with Crippen molar-refractivity contribution in [2.45, 2.75) is 12.8 Å². The topological polar surface area (TPSA) is 29.5 Å². The molecule has 0 aliphatic carbocycles. The van der Waals surface area contributed by atoms with Crippen molar-refractivity contribution in [1.82, 2.24) is 4.90 Å². The molecule has 2 aromatic carbocycles. The molecule has 0 aromatic heterocycles. The summed E-state index contributed by atoms with van der Waals surface area (Å²) in [6.45, 7) is 1.62. The van der Waals surface area contributed by atoms with Crippen LogP contribution in [0.2, 0.25) is 0 Å². The monoisotopic (exact) mass is 241 g/mol. The second kappa shape index (κ2) is 4.69. The maximum absolute atomic E-state index is 11.9. The Balaban J connectivity index is 1.79. The van der Waals surface area contributed by atoms with Crippen molar-refractivity contribution in [2.75, 3.05) is 13.1 Å². The number of likely N-dealkylation sites (tertiary alicyclic amines) is 1. The number of carbonyl (C=O) groups is 1. The highest BCUT2D eigenvalue weighted by atomic mass is 16.6. The molecule has 3 nitrogen and oxygen atoms in total. The van der Waals surface area contributed by atoms with Crippen LogP contribution in [-0.4, -0.2) is 24.1 Å². The zero-order chi connectivity index (χ0) is 12.4. The first-order valence-corrected chi connectivity index (χ1v) is 6.28. The number of rotatable bonds is 1. The number of hydrogen-bond donors (Lipinski definition) is 0. The Morgan fingerprint density at radius 3 is 2.50 bits per heavy atom. The second-order valence-corrected chi connectivity index (χ2v) is 4.57. The largest absolute Gasteiger partial charge is 0.415 e. The number of fused-ring (bicyclic) bond motifs is 1. The average Bonchev–Trinajstić information content (AvgIpc) is 2.92. The SMILES string of the molecule is O=C(Oc1ccc2ccccc2c1)N1CCCC1. The van der Waals surface area contributed by atoms with Crippen LogP contribution in [0.25, 0.3) is 10.8 Å². The number of amides is 1. The summed E-state index contributed by atoms with van der Waals surface area (Å²) in [5.74, 6) is 0.616. The van der Waals surface area contributed by atoms with Crippen LogP contribution in [0.15, 0.2) is 42.5 Å². The highest BCUT2D eigenvalue weighted by Gasteiger charge is 2.19. The summed E-state index contributed by atoms with van der Waals surface area (Å²) in [7, 11) is 0. The number of hydrogen-bond acceptors (Lipinski definition) is 2. The van der Waals surface area contributed by atoms with Gasteiger partial charge in [-0.2, -0.15) is 0 Å². The fourth-order valence-electron chi connectivity index (χ4n) is 2.30. The molecule has 0 N–H and O–H groups in total. The molecule has 1 amide bonds. The van der Waals surface area contributed by atoms with Crippen LogP contribution in [0.1, 0.15) is 12.8 Å². The molecule has 0 radical (unpaired) electrons. The van der Waals surface area contributed by atoms with Gasteiger partial charge in [-0.05, 0) is 35.7 Å². The van der Waals surface area contributed by atoms with E-state index in [9.17, 15) is 4.79 Å².